The molecule has 158 valence electrons. The van der Waals surface area contributed by atoms with Crippen molar-refractivity contribution in [2.75, 3.05) is 0 Å². The third-order valence-electron chi connectivity index (χ3n) is 5.26. The Hall–Kier alpha value is -3.28. The highest BCUT2D eigenvalue weighted by Crippen LogP contribution is 2.31. The number of nitrogens with zero attached hydrogens (tertiary/aromatic N) is 2. The average Bonchev–Trinajstić information content (AvgIpc) is 3.30. The largest absolute Gasteiger partial charge is 0.342 e. The van der Waals surface area contributed by atoms with Crippen molar-refractivity contribution in [2.45, 2.75) is 13.5 Å². The molecule has 32 heavy (non-hydrogen) atoms. The maximum atomic E-state index is 12.6. The molecule has 0 aliphatic carbocycles. The number of hydrogen-bond acceptors (Lipinski definition) is 3. The van der Waals surface area contributed by atoms with Crippen LogP contribution in [0.3, 0.4) is 0 Å². The van der Waals surface area contributed by atoms with Gasteiger partial charge in [0.05, 0.1) is 10.6 Å². The lowest BCUT2D eigenvalue weighted by Crippen LogP contribution is -2.19. The Balaban J connectivity index is 1.47. The van der Waals surface area contributed by atoms with Gasteiger partial charge in [-0.25, -0.2) is 4.99 Å². The van der Waals surface area contributed by atoms with E-state index in [1.807, 2.05) is 67.6 Å². The van der Waals surface area contributed by atoms with Gasteiger partial charge in [-0.3, -0.25) is 4.79 Å². The van der Waals surface area contributed by atoms with Gasteiger partial charge in [0, 0.05) is 34.2 Å². The summed E-state index contributed by atoms with van der Waals surface area (Å²) in [6, 6.07) is 24.0. The number of hydrogen-bond donors (Lipinski definition) is 1. The molecule has 2 heterocycles. The maximum Gasteiger partial charge on any atom is 0.264 e. The number of rotatable bonds is 4. The van der Waals surface area contributed by atoms with E-state index in [2.05, 4.69) is 39.3 Å². The van der Waals surface area contributed by atoms with E-state index in [1.54, 1.807) is 0 Å². The number of aliphatic imine (C=N–C) groups is 1. The number of fused-ring (bicyclic) bond motifs is 1. The average molecular weight is 458 g/mol. The molecular formula is C26H20ClN3OS. The van der Waals surface area contributed by atoms with Crippen molar-refractivity contribution >= 4 is 57.1 Å². The molecule has 0 spiro atoms. The summed E-state index contributed by atoms with van der Waals surface area (Å²) in [5.74, 6) is -0.132. The summed E-state index contributed by atoms with van der Waals surface area (Å²) in [6.07, 6.45) is 4.02. The van der Waals surface area contributed by atoms with Gasteiger partial charge in [-0.05, 0) is 60.7 Å². The summed E-state index contributed by atoms with van der Waals surface area (Å²) in [4.78, 5) is 17.8. The molecule has 0 radical (unpaired) electrons. The monoisotopic (exact) mass is 457 g/mol. The van der Waals surface area contributed by atoms with Crippen LogP contribution in [0.15, 0.2) is 88.9 Å². The SMILES string of the molecule is Cc1ccc(N=C2NC(=O)/C(=C/c3cn(Cc4cccc(Cl)c4)c4ccccc34)S2)cc1. The molecule has 1 fully saturated rings. The molecule has 6 heteroatoms. The number of nitrogens with one attached hydrogen (secondary N) is 1. The van der Waals surface area contributed by atoms with Crippen molar-refractivity contribution in [3.05, 3.63) is 106 Å². The lowest BCUT2D eigenvalue weighted by Gasteiger charge is -2.05. The number of benzene rings is 3. The second-order valence-corrected chi connectivity index (χ2v) is 9.14. The summed E-state index contributed by atoms with van der Waals surface area (Å²) in [6.45, 7) is 2.73. The van der Waals surface area contributed by atoms with Crippen molar-refractivity contribution in [3.8, 4) is 0 Å². The second-order valence-electron chi connectivity index (χ2n) is 7.68. The molecule has 1 N–H and O–H groups in total. The van der Waals surface area contributed by atoms with Gasteiger partial charge < -0.3 is 9.88 Å². The van der Waals surface area contributed by atoms with Crippen molar-refractivity contribution in [1.82, 2.24) is 9.88 Å². The van der Waals surface area contributed by atoms with Crippen LogP contribution in [0.1, 0.15) is 16.7 Å². The summed E-state index contributed by atoms with van der Waals surface area (Å²) in [7, 11) is 0. The first kappa shape index (κ1) is 20.6. The zero-order chi connectivity index (χ0) is 22.1. The van der Waals surface area contributed by atoms with E-state index in [4.69, 9.17) is 11.6 Å². The van der Waals surface area contributed by atoms with E-state index in [0.29, 0.717) is 16.6 Å². The number of aromatic nitrogens is 1. The van der Waals surface area contributed by atoms with Crippen molar-refractivity contribution in [2.24, 2.45) is 4.99 Å². The van der Waals surface area contributed by atoms with Gasteiger partial charge in [-0.2, -0.15) is 0 Å². The Morgan fingerprint density at radius 2 is 1.88 bits per heavy atom. The molecule has 0 bridgehead atoms. The Morgan fingerprint density at radius 3 is 2.69 bits per heavy atom. The number of thioether (sulfide) groups is 1. The number of para-hydroxylation sites is 1. The minimum Gasteiger partial charge on any atom is -0.342 e. The number of amidine groups is 1. The van der Waals surface area contributed by atoms with E-state index >= 15 is 0 Å². The quantitative estimate of drug-likeness (QED) is 0.353. The molecule has 0 unspecified atom stereocenters. The van der Waals surface area contributed by atoms with E-state index in [1.165, 1.54) is 17.3 Å². The Labute approximate surface area is 195 Å². The Bertz CT molecular complexity index is 1390. The van der Waals surface area contributed by atoms with Gasteiger partial charge in [-0.1, -0.05) is 59.6 Å². The molecular weight excluding hydrogens is 438 g/mol. The molecule has 5 rings (SSSR count). The Morgan fingerprint density at radius 1 is 1.06 bits per heavy atom. The lowest BCUT2D eigenvalue weighted by atomic mass is 10.1. The number of amides is 1. The van der Waals surface area contributed by atoms with E-state index in [9.17, 15) is 4.79 Å². The van der Waals surface area contributed by atoms with Gasteiger partial charge in [0.25, 0.3) is 5.91 Å². The first-order chi connectivity index (χ1) is 15.5. The third-order valence-corrected chi connectivity index (χ3v) is 6.41. The van der Waals surface area contributed by atoms with Gasteiger partial charge in [0.2, 0.25) is 0 Å². The van der Waals surface area contributed by atoms with E-state index < -0.39 is 0 Å². The minimum atomic E-state index is -0.132. The van der Waals surface area contributed by atoms with Gasteiger partial charge in [-0.15, -0.1) is 0 Å². The van der Waals surface area contributed by atoms with Crippen LogP contribution in [-0.4, -0.2) is 15.6 Å². The highest BCUT2D eigenvalue weighted by atomic mass is 35.5. The zero-order valence-corrected chi connectivity index (χ0v) is 19.0. The van der Waals surface area contributed by atoms with Crippen LogP contribution in [0.5, 0.6) is 0 Å². The standard InChI is InChI=1S/C26H20ClN3OS/c1-17-9-11-21(12-10-17)28-26-29-25(31)24(32-26)14-19-16-30(23-8-3-2-7-22(19)23)15-18-5-4-6-20(27)13-18/h2-14,16H,15H2,1H3,(H,28,29,31)/b24-14-. The molecule has 1 amide bonds. The smallest absolute Gasteiger partial charge is 0.264 e. The molecule has 3 aromatic carbocycles. The molecule has 0 atom stereocenters. The Kier molecular flexibility index (Phi) is 5.60. The molecule has 4 aromatic rings. The van der Waals surface area contributed by atoms with Crippen LogP contribution < -0.4 is 5.32 Å². The number of carbonyl (C=O) groups excluding carboxylic acids is 1. The molecule has 1 aliphatic rings. The van der Waals surface area contributed by atoms with Crippen LogP contribution in [0, 0.1) is 6.92 Å². The van der Waals surface area contributed by atoms with Crippen LogP contribution in [0.2, 0.25) is 5.02 Å². The summed E-state index contributed by atoms with van der Waals surface area (Å²) >= 11 is 7.53. The van der Waals surface area contributed by atoms with Crippen molar-refractivity contribution < 1.29 is 4.79 Å². The second kappa shape index (κ2) is 8.69. The van der Waals surface area contributed by atoms with Crippen molar-refractivity contribution in [3.63, 3.8) is 0 Å². The first-order valence-corrected chi connectivity index (χ1v) is 11.4. The number of carbonyl (C=O) groups is 1. The van der Waals surface area contributed by atoms with Crippen molar-refractivity contribution in [1.29, 1.82) is 0 Å². The predicted octanol–water partition coefficient (Wildman–Crippen LogP) is 6.54. The van der Waals surface area contributed by atoms with Gasteiger partial charge in [0.15, 0.2) is 5.17 Å². The van der Waals surface area contributed by atoms with Gasteiger partial charge >= 0.3 is 0 Å². The van der Waals surface area contributed by atoms with E-state index in [-0.39, 0.29) is 5.91 Å². The van der Waals surface area contributed by atoms with Crippen LogP contribution >= 0.6 is 23.4 Å². The first-order valence-electron chi connectivity index (χ1n) is 10.2. The van der Waals surface area contributed by atoms with Crippen LogP contribution in [-0.2, 0) is 11.3 Å². The summed E-state index contributed by atoms with van der Waals surface area (Å²) in [5.41, 5.74) is 5.22. The highest BCUT2D eigenvalue weighted by Gasteiger charge is 2.24. The maximum absolute atomic E-state index is 12.6. The normalized spacial score (nSPS) is 16.2. The molecule has 1 aliphatic heterocycles. The molecule has 1 saturated heterocycles. The lowest BCUT2D eigenvalue weighted by molar-refractivity contribution is -0.115. The highest BCUT2D eigenvalue weighted by molar-refractivity contribution is 8.18. The zero-order valence-electron chi connectivity index (χ0n) is 17.4. The summed E-state index contributed by atoms with van der Waals surface area (Å²) < 4.78 is 2.19. The van der Waals surface area contributed by atoms with Gasteiger partial charge in [0.1, 0.15) is 0 Å². The summed E-state index contributed by atoms with van der Waals surface area (Å²) in [5, 5.41) is 5.28. The fraction of sp³-hybridized carbons (Fsp3) is 0.0769. The van der Waals surface area contributed by atoms with Crippen LogP contribution in [0.25, 0.3) is 17.0 Å². The fourth-order valence-corrected chi connectivity index (χ4v) is 4.76. The minimum absolute atomic E-state index is 0.132. The molecule has 1 aromatic heterocycles. The topological polar surface area (TPSA) is 46.4 Å². The third kappa shape index (κ3) is 4.35. The number of aryl methyl sites for hydroxylation is 1. The van der Waals surface area contributed by atoms with E-state index in [0.717, 1.165) is 32.7 Å². The molecule has 0 saturated carbocycles. The van der Waals surface area contributed by atoms with Crippen LogP contribution in [0.4, 0.5) is 5.69 Å². The predicted molar refractivity (Wildman–Crippen MR) is 134 cm³/mol. The number of halogens is 1. The molecule has 4 nitrogen and oxygen atoms in total. The fourth-order valence-electron chi connectivity index (χ4n) is 3.71.